The normalized spacial score (nSPS) is 10.9. The summed E-state index contributed by atoms with van der Waals surface area (Å²) in [6, 6.07) is 20.8. The summed E-state index contributed by atoms with van der Waals surface area (Å²) in [5, 5.41) is 20.9. The minimum absolute atomic E-state index is 0.0404. The summed E-state index contributed by atoms with van der Waals surface area (Å²) < 4.78 is 11.5. The van der Waals surface area contributed by atoms with Gasteiger partial charge in [0.1, 0.15) is 24.7 Å². The van der Waals surface area contributed by atoms with Crippen molar-refractivity contribution in [3.8, 4) is 17.6 Å². The molecular weight excluding hydrogens is 416 g/mol. The van der Waals surface area contributed by atoms with E-state index in [0.29, 0.717) is 40.7 Å². The van der Waals surface area contributed by atoms with Crippen LogP contribution >= 0.6 is 11.6 Å². The first-order valence-electron chi connectivity index (χ1n) is 9.45. The molecule has 0 atom stereocenters. The van der Waals surface area contributed by atoms with E-state index in [9.17, 15) is 15.4 Å². The molecule has 156 valence electrons. The molecule has 0 aliphatic rings. The van der Waals surface area contributed by atoms with Crippen LogP contribution < -0.4 is 9.47 Å². The summed E-state index contributed by atoms with van der Waals surface area (Å²) in [5.74, 6) is 1.31. The largest absolute Gasteiger partial charge is 0.490 e. The van der Waals surface area contributed by atoms with E-state index in [1.165, 1.54) is 24.3 Å². The summed E-state index contributed by atoms with van der Waals surface area (Å²) in [6.07, 6.45) is 1.64. The van der Waals surface area contributed by atoms with Gasteiger partial charge in [-0.15, -0.1) is 0 Å². The summed E-state index contributed by atoms with van der Waals surface area (Å²) in [4.78, 5) is 10.4. The smallest absolute Gasteiger partial charge is 0.269 e. The predicted octanol–water partition coefficient (Wildman–Crippen LogP) is 6.08. The first-order valence-corrected chi connectivity index (χ1v) is 9.82. The van der Waals surface area contributed by atoms with E-state index in [0.717, 1.165) is 11.3 Å². The van der Waals surface area contributed by atoms with Gasteiger partial charge in [-0.25, -0.2) is 0 Å². The molecule has 3 rings (SSSR count). The number of benzene rings is 3. The fraction of sp³-hybridized carbons (Fsp3) is 0.125. The maximum atomic E-state index is 10.8. The van der Waals surface area contributed by atoms with Gasteiger partial charge in [-0.3, -0.25) is 10.1 Å². The van der Waals surface area contributed by atoms with Crippen LogP contribution in [0.1, 0.15) is 16.7 Å². The number of nitro benzene ring substituents is 1. The number of allylic oxidation sites excluding steroid dienone is 1. The van der Waals surface area contributed by atoms with E-state index < -0.39 is 4.92 Å². The van der Waals surface area contributed by atoms with Crippen LogP contribution in [0.15, 0.2) is 66.7 Å². The predicted molar refractivity (Wildman–Crippen MR) is 120 cm³/mol. The number of hydrogen-bond donors (Lipinski definition) is 0. The van der Waals surface area contributed by atoms with Crippen molar-refractivity contribution in [2.45, 2.75) is 6.92 Å². The zero-order valence-corrected chi connectivity index (χ0v) is 17.5. The molecule has 0 aliphatic carbocycles. The van der Waals surface area contributed by atoms with Crippen molar-refractivity contribution in [3.63, 3.8) is 0 Å². The summed E-state index contributed by atoms with van der Waals surface area (Å²) >= 11 is 6.13. The standard InChI is InChI=1S/C24H19ClN2O4/c1-17-2-9-23(10-3-17)30-12-13-31-24-11-6-21(25)15-19(24)14-20(16-26)18-4-7-22(8-5-18)27(28)29/h2-11,14-15H,12-13H2,1H3. The second kappa shape index (κ2) is 10.3. The van der Waals surface area contributed by atoms with Gasteiger partial charge >= 0.3 is 0 Å². The maximum Gasteiger partial charge on any atom is 0.269 e. The van der Waals surface area contributed by atoms with Gasteiger partial charge in [0.05, 0.1) is 16.6 Å². The molecule has 0 spiro atoms. The van der Waals surface area contributed by atoms with E-state index in [4.69, 9.17) is 21.1 Å². The number of rotatable bonds is 8. The van der Waals surface area contributed by atoms with Gasteiger partial charge < -0.3 is 9.47 Å². The van der Waals surface area contributed by atoms with Crippen molar-refractivity contribution in [2.24, 2.45) is 0 Å². The molecule has 31 heavy (non-hydrogen) atoms. The van der Waals surface area contributed by atoms with Crippen molar-refractivity contribution in [3.05, 3.63) is 98.6 Å². The van der Waals surface area contributed by atoms with Gasteiger partial charge in [-0.05, 0) is 61.0 Å². The van der Waals surface area contributed by atoms with E-state index >= 15 is 0 Å². The summed E-state index contributed by atoms with van der Waals surface area (Å²) in [7, 11) is 0. The highest BCUT2D eigenvalue weighted by molar-refractivity contribution is 6.30. The Balaban J connectivity index is 1.74. The van der Waals surface area contributed by atoms with Crippen LogP contribution in [0.3, 0.4) is 0 Å². The summed E-state index contributed by atoms with van der Waals surface area (Å²) in [5.41, 5.74) is 2.63. The summed E-state index contributed by atoms with van der Waals surface area (Å²) in [6.45, 7) is 2.66. The van der Waals surface area contributed by atoms with Gasteiger partial charge in [0, 0.05) is 22.7 Å². The Labute approximate surface area is 185 Å². The van der Waals surface area contributed by atoms with E-state index in [2.05, 4.69) is 6.07 Å². The molecule has 0 saturated heterocycles. The third kappa shape index (κ3) is 6.08. The van der Waals surface area contributed by atoms with Crippen LogP contribution in [0.4, 0.5) is 5.69 Å². The zero-order chi connectivity index (χ0) is 22.2. The Morgan fingerprint density at radius 3 is 2.39 bits per heavy atom. The van der Waals surface area contributed by atoms with Crippen molar-refractivity contribution in [1.82, 2.24) is 0 Å². The number of aryl methyl sites for hydroxylation is 1. The van der Waals surface area contributed by atoms with Crippen LogP contribution in [-0.2, 0) is 0 Å². The lowest BCUT2D eigenvalue weighted by molar-refractivity contribution is -0.384. The second-order valence-corrected chi connectivity index (χ2v) is 7.10. The van der Waals surface area contributed by atoms with Crippen LogP contribution in [-0.4, -0.2) is 18.1 Å². The van der Waals surface area contributed by atoms with Gasteiger partial charge in [-0.1, -0.05) is 29.3 Å². The van der Waals surface area contributed by atoms with Crippen LogP contribution in [0.5, 0.6) is 11.5 Å². The Kier molecular flexibility index (Phi) is 7.26. The number of nitro groups is 1. The van der Waals surface area contributed by atoms with Crippen molar-refractivity contribution in [1.29, 1.82) is 5.26 Å². The second-order valence-electron chi connectivity index (χ2n) is 6.67. The molecule has 0 unspecified atom stereocenters. The van der Waals surface area contributed by atoms with Crippen molar-refractivity contribution >= 4 is 28.9 Å². The minimum atomic E-state index is -0.485. The van der Waals surface area contributed by atoms with Crippen molar-refractivity contribution in [2.75, 3.05) is 13.2 Å². The van der Waals surface area contributed by atoms with E-state index in [1.807, 2.05) is 31.2 Å². The molecule has 0 aromatic heterocycles. The molecule has 0 fully saturated rings. The Morgan fingerprint density at radius 2 is 1.74 bits per heavy atom. The fourth-order valence-corrected chi connectivity index (χ4v) is 2.99. The van der Waals surface area contributed by atoms with Gasteiger partial charge in [0.25, 0.3) is 5.69 Å². The average molecular weight is 435 g/mol. The highest BCUT2D eigenvalue weighted by Gasteiger charge is 2.09. The van der Waals surface area contributed by atoms with E-state index in [-0.39, 0.29) is 5.69 Å². The number of ether oxygens (including phenoxy) is 2. The Bertz CT molecular complexity index is 1130. The molecule has 0 bridgehead atoms. The SMILES string of the molecule is Cc1ccc(OCCOc2ccc(Cl)cc2C=C(C#N)c2ccc([N+](=O)[O-])cc2)cc1. The average Bonchev–Trinajstić information content (AvgIpc) is 2.77. The minimum Gasteiger partial charge on any atom is -0.490 e. The zero-order valence-electron chi connectivity index (χ0n) is 16.7. The molecule has 3 aromatic rings. The molecule has 0 radical (unpaired) electrons. The van der Waals surface area contributed by atoms with Gasteiger partial charge in [0.2, 0.25) is 0 Å². The lowest BCUT2D eigenvalue weighted by Crippen LogP contribution is -2.09. The topological polar surface area (TPSA) is 85.4 Å². The maximum absolute atomic E-state index is 10.8. The third-order valence-electron chi connectivity index (χ3n) is 4.41. The van der Waals surface area contributed by atoms with Gasteiger partial charge in [-0.2, -0.15) is 5.26 Å². The molecule has 0 heterocycles. The highest BCUT2D eigenvalue weighted by atomic mass is 35.5. The highest BCUT2D eigenvalue weighted by Crippen LogP contribution is 2.28. The Hall–Kier alpha value is -3.82. The van der Waals surface area contributed by atoms with Crippen LogP contribution in [0.2, 0.25) is 5.02 Å². The third-order valence-corrected chi connectivity index (χ3v) is 4.65. The van der Waals surface area contributed by atoms with Crippen molar-refractivity contribution < 1.29 is 14.4 Å². The number of halogens is 1. The first kappa shape index (κ1) is 21.9. The number of nitrogens with zero attached hydrogens (tertiary/aromatic N) is 2. The first-order chi connectivity index (χ1) is 15.0. The molecule has 0 saturated carbocycles. The molecule has 0 amide bonds. The molecule has 0 N–H and O–H groups in total. The molecule has 7 heteroatoms. The fourth-order valence-electron chi connectivity index (χ4n) is 2.81. The van der Waals surface area contributed by atoms with Crippen LogP contribution in [0, 0.1) is 28.4 Å². The Morgan fingerprint density at radius 1 is 1.06 bits per heavy atom. The lowest BCUT2D eigenvalue weighted by atomic mass is 10.0. The molecule has 3 aromatic carbocycles. The number of hydrogen-bond acceptors (Lipinski definition) is 5. The monoisotopic (exact) mass is 434 g/mol. The quantitative estimate of drug-likeness (QED) is 0.141. The lowest BCUT2D eigenvalue weighted by Gasteiger charge is -2.11. The van der Waals surface area contributed by atoms with E-state index in [1.54, 1.807) is 24.3 Å². The molecular formula is C24H19ClN2O4. The molecule has 0 aliphatic heterocycles. The van der Waals surface area contributed by atoms with Crippen LogP contribution in [0.25, 0.3) is 11.6 Å². The van der Waals surface area contributed by atoms with Gasteiger partial charge in [0.15, 0.2) is 0 Å². The molecule has 6 nitrogen and oxygen atoms in total. The number of non-ortho nitro benzene ring substituents is 1. The number of nitriles is 1.